The molecule has 0 aliphatic carbocycles. The number of carboxylic acid groups (broad SMARTS) is 1. The minimum Gasteiger partial charge on any atom is -0.545 e. The van der Waals surface area contributed by atoms with Gasteiger partial charge in [-0.15, -0.1) is 0 Å². The van der Waals surface area contributed by atoms with Crippen LogP contribution in [0.1, 0.15) is 49.9 Å². The number of nitrogens with one attached hydrogen (secondary N) is 1. The number of unbranched alkanes of at least 4 members (excludes halogenated alkanes) is 2. The van der Waals surface area contributed by atoms with Crippen LogP contribution in [0.2, 0.25) is 0 Å². The Balaban J connectivity index is 2.36. The van der Waals surface area contributed by atoms with Gasteiger partial charge in [-0.2, -0.15) is 0 Å². The molecule has 0 fully saturated rings. The Labute approximate surface area is 127 Å². The molecule has 0 saturated carbocycles. The molecule has 1 rings (SSSR count). The first kappa shape index (κ1) is 17.5. The van der Waals surface area contributed by atoms with Crippen molar-refractivity contribution in [2.75, 3.05) is 26.2 Å². The van der Waals surface area contributed by atoms with E-state index in [2.05, 4.69) is 13.8 Å². The highest BCUT2D eigenvalue weighted by molar-refractivity contribution is 5.85. The summed E-state index contributed by atoms with van der Waals surface area (Å²) in [5.74, 6) is -0.443. The van der Waals surface area contributed by atoms with E-state index in [1.54, 1.807) is 17.0 Å². The molecule has 4 heteroatoms. The molecule has 0 aromatic heterocycles. The summed E-state index contributed by atoms with van der Waals surface area (Å²) in [5.41, 5.74) is 0.181. The van der Waals surface area contributed by atoms with Crippen LogP contribution in [0.3, 0.4) is 0 Å². The van der Waals surface area contributed by atoms with Crippen molar-refractivity contribution >= 4 is 5.97 Å². The molecular formula is C17H27NO3. The second-order valence-corrected chi connectivity index (χ2v) is 5.37. The SMILES string of the molecule is CCCC[NH+](CCCC)CCOc1ccc(C(=O)[O-])cc1. The zero-order valence-corrected chi connectivity index (χ0v) is 13.2. The van der Waals surface area contributed by atoms with E-state index in [4.69, 9.17) is 4.74 Å². The Morgan fingerprint density at radius 2 is 1.62 bits per heavy atom. The zero-order chi connectivity index (χ0) is 15.5. The summed E-state index contributed by atoms with van der Waals surface area (Å²) >= 11 is 0. The molecule has 0 saturated heterocycles. The van der Waals surface area contributed by atoms with Gasteiger partial charge in [-0.25, -0.2) is 0 Å². The number of hydrogen-bond acceptors (Lipinski definition) is 3. The molecule has 0 radical (unpaired) electrons. The van der Waals surface area contributed by atoms with Crippen LogP contribution in [0.5, 0.6) is 5.75 Å². The maximum absolute atomic E-state index is 10.7. The van der Waals surface area contributed by atoms with Gasteiger partial charge in [0.15, 0.2) is 0 Å². The number of quaternary nitrogens is 1. The number of carbonyl (C=O) groups is 1. The third kappa shape index (κ3) is 7.14. The van der Waals surface area contributed by atoms with Crippen molar-refractivity contribution in [2.24, 2.45) is 0 Å². The highest BCUT2D eigenvalue weighted by atomic mass is 16.5. The number of rotatable bonds is 11. The van der Waals surface area contributed by atoms with Crippen molar-refractivity contribution < 1.29 is 19.5 Å². The summed E-state index contributed by atoms with van der Waals surface area (Å²) < 4.78 is 5.70. The second-order valence-electron chi connectivity index (χ2n) is 5.37. The topological polar surface area (TPSA) is 53.8 Å². The molecule has 21 heavy (non-hydrogen) atoms. The van der Waals surface area contributed by atoms with Crippen LogP contribution in [0.15, 0.2) is 24.3 Å². The lowest BCUT2D eigenvalue weighted by molar-refractivity contribution is -0.900. The highest BCUT2D eigenvalue weighted by Crippen LogP contribution is 2.11. The summed E-state index contributed by atoms with van der Waals surface area (Å²) in [7, 11) is 0. The fourth-order valence-electron chi connectivity index (χ4n) is 2.23. The van der Waals surface area contributed by atoms with E-state index < -0.39 is 5.97 Å². The molecule has 0 atom stereocenters. The van der Waals surface area contributed by atoms with Crippen LogP contribution in [0.4, 0.5) is 0 Å². The number of hydrogen-bond donors (Lipinski definition) is 1. The van der Waals surface area contributed by atoms with Crippen LogP contribution >= 0.6 is 0 Å². The Bertz CT molecular complexity index is 395. The molecule has 0 bridgehead atoms. The van der Waals surface area contributed by atoms with E-state index in [-0.39, 0.29) is 5.56 Å². The largest absolute Gasteiger partial charge is 0.545 e. The third-order valence-electron chi connectivity index (χ3n) is 3.58. The molecule has 0 aliphatic heterocycles. The summed E-state index contributed by atoms with van der Waals surface area (Å²) in [4.78, 5) is 12.2. The Morgan fingerprint density at radius 1 is 1.05 bits per heavy atom. The Kier molecular flexibility index (Phi) is 8.51. The van der Waals surface area contributed by atoms with Crippen LogP contribution in [-0.4, -0.2) is 32.2 Å². The van der Waals surface area contributed by atoms with Gasteiger partial charge in [-0.3, -0.25) is 0 Å². The van der Waals surface area contributed by atoms with Gasteiger partial charge in [0.2, 0.25) is 0 Å². The van der Waals surface area contributed by atoms with Crippen LogP contribution in [0, 0.1) is 0 Å². The number of benzene rings is 1. The summed E-state index contributed by atoms with van der Waals surface area (Å²) in [6.45, 7) is 8.47. The third-order valence-corrected chi connectivity index (χ3v) is 3.58. The molecule has 1 aromatic carbocycles. The summed E-state index contributed by atoms with van der Waals surface area (Å²) in [6.07, 6.45) is 4.95. The van der Waals surface area contributed by atoms with E-state index in [1.807, 2.05) is 0 Å². The predicted molar refractivity (Wildman–Crippen MR) is 81.6 cm³/mol. The quantitative estimate of drug-likeness (QED) is 0.660. The van der Waals surface area contributed by atoms with Gasteiger partial charge in [-0.05, 0) is 42.7 Å². The van der Waals surface area contributed by atoms with Crippen molar-refractivity contribution in [1.29, 1.82) is 0 Å². The first-order valence-corrected chi connectivity index (χ1v) is 7.95. The lowest BCUT2D eigenvalue weighted by Gasteiger charge is -2.19. The van der Waals surface area contributed by atoms with Crippen molar-refractivity contribution in [3.8, 4) is 5.75 Å². The standard InChI is InChI=1S/C17H27NO3/c1-3-5-11-18(12-6-4-2)13-14-21-16-9-7-15(8-10-16)17(19)20/h7-10H,3-6,11-14H2,1-2H3,(H,19,20). The lowest BCUT2D eigenvalue weighted by Crippen LogP contribution is -3.12. The molecule has 0 unspecified atom stereocenters. The fraction of sp³-hybridized carbons (Fsp3) is 0.588. The van der Waals surface area contributed by atoms with Gasteiger partial charge >= 0.3 is 0 Å². The minimum absolute atomic E-state index is 0.181. The van der Waals surface area contributed by atoms with Gasteiger partial charge in [0.1, 0.15) is 18.9 Å². The summed E-state index contributed by atoms with van der Waals surface area (Å²) in [6, 6.07) is 6.40. The molecule has 0 amide bonds. The van der Waals surface area contributed by atoms with Crippen molar-refractivity contribution in [3.05, 3.63) is 29.8 Å². The average Bonchev–Trinajstić information content (AvgIpc) is 2.50. The second kappa shape index (κ2) is 10.2. The molecular weight excluding hydrogens is 266 g/mol. The lowest BCUT2D eigenvalue weighted by atomic mass is 10.2. The fourth-order valence-corrected chi connectivity index (χ4v) is 2.23. The first-order chi connectivity index (χ1) is 10.2. The van der Waals surface area contributed by atoms with Gasteiger partial charge in [0.05, 0.1) is 19.1 Å². The predicted octanol–water partition coefficient (Wildman–Crippen LogP) is 0.914. The molecule has 0 heterocycles. The van der Waals surface area contributed by atoms with Gasteiger partial charge < -0.3 is 19.5 Å². The van der Waals surface area contributed by atoms with Crippen molar-refractivity contribution in [2.45, 2.75) is 39.5 Å². The number of aromatic carboxylic acids is 1. The van der Waals surface area contributed by atoms with E-state index in [9.17, 15) is 9.90 Å². The number of carboxylic acids is 1. The van der Waals surface area contributed by atoms with Crippen LogP contribution < -0.4 is 14.7 Å². The molecule has 4 nitrogen and oxygen atoms in total. The van der Waals surface area contributed by atoms with Crippen molar-refractivity contribution in [3.63, 3.8) is 0 Å². The van der Waals surface area contributed by atoms with E-state index >= 15 is 0 Å². The van der Waals surface area contributed by atoms with Crippen LogP contribution in [-0.2, 0) is 0 Å². The van der Waals surface area contributed by atoms with Crippen molar-refractivity contribution in [1.82, 2.24) is 0 Å². The molecule has 1 N–H and O–H groups in total. The first-order valence-electron chi connectivity index (χ1n) is 7.95. The maximum Gasteiger partial charge on any atom is 0.137 e. The van der Waals surface area contributed by atoms with Gasteiger partial charge in [0.25, 0.3) is 0 Å². The highest BCUT2D eigenvalue weighted by Gasteiger charge is 2.07. The average molecular weight is 293 g/mol. The Hall–Kier alpha value is -1.55. The molecule has 0 spiro atoms. The molecule has 118 valence electrons. The van der Waals surface area contributed by atoms with Crippen LogP contribution in [0.25, 0.3) is 0 Å². The Morgan fingerprint density at radius 3 is 2.10 bits per heavy atom. The zero-order valence-electron chi connectivity index (χ0n) is 13.2. The van der Waals surface area contributed by atoms with E-state index in [1.165, 1.54) is 50.9 Å². The summed E-state index contributed by atoms with van der Waals surface area (Å²) in [5, 5.41) is 10.7. The van der Waals surface area contributed by atoms with E-state index in [0.29, 0.717) is 12.4 Å². The monoisotopic (exact) mass is 293 g/mol. The van der Waals surface area contributed by atoms with E-state index in [0.717, 1.165) is 6.54 Å². The smallest absolute Gasteiger partial charge is 0.137 e. The molecule has 1 aromatic rings. The normalized spacial score (nSPS) is 10.8. The van der Waals surface area contributed by atoms with Gasteiger partial charge in [0, 0.05) is 0 Å². The number of carbonyl (C=O) groups excluding carboxylic acids is 1. The number of ether oxygens (including phenoxy) is 1. The maximum atomic E-state index is 10.7. The minimum atomic E-state index is -1.16. The van der Waals surface area contributed by atoms with Gasteiger partial charge in [-0.1, -0.05) is 26.7 Å². The molecule has 0 aliphatic rings.